The molecule has 2 unspecified atom stereocenters. The Hall–Kier alpha value is -2.47. The fourth-order valence-electron chi connectivity index (χ4n) is 3.92. The van der Waals surface area contributed by atoms with Crippen LogP contribution in [0.15, 0.2) is 47.6 Å². The molecule has 148 valence electrons. The minimum atomic E-state index is 0.311. The van der Waals surface area contributed by atoms with E-state index >= 15 is 0 Å². The molecule has 3 heterocycles. The van der Waals surface area contributed by atoms with Crippen LogP contribution in [-0.4, -0.2) is 50.3 Å². The van der Waals surface area contributed by atoms with Gasteiger partial charge in [0.1, 0.15) is 11.6 Å². The fraction of sp³-hybridized carbons (Fsp3) is 0.429. The fourth-order valence-corrected chi connectivity index (χ4v) is 4.16. The van der Waals surface area contributed by atoms with E-state index in [1.54, 1.807) is 6.20 Å². The Balaban J connectivity index is 1.32. The van der Waals surface area contributed by atoms with E-state index in [1.165, 1.54) is 5.56 Å². The summed E-state index contributed by atoms with van der Waals surface area (Å²) in [5, 5.41) is 7.74. The van der Waals surface area contributed by atoms with Crippen molar-refractivity contribution in [3.05, 3.63) is 53.2 Å². The van der Waals surface area contributed by atoms with E-state index in [0.717, 1.165) is 56.6 Å². The SMILES string of the molecule is CN=C(NCC1CCOc2ccccc21)NC1CCN(c2ncccc2Cl)C1. The standard InChI is InChI=1S/C21H26ClN5O/c1-23-21(25-13-15-9-12-28-19-7-3-2-5-17(15)19)26-16-8-11-27(14-16)20-18(22)6-4-10-24-20/h2-7,10,15-16H,8-9,11-14H2,1H3,(H2,23,25,26). The first-order valence-corrected chi connectivity index (χ1v) is 10.2. The maximum atomic E-state index is 6.29. The zero-order chi connectivity index (χ0) is 19.3. The number of aromatic nitrogens is 1. The van der Waals surface area contributed by atoms with Crippen molar-refractivity contribution in [3.63, 3.8) is 0 Å². The maximum Gasteiger partial charge on any atom is 0.191 e. The van der Waals surface area contributed by atoms with Crippen molar-refractivity contribution in [3.8, 4) is 5.75 Å². The van der Waals surface area contributed by atoms with Gasteiger partial charge in [0.05, 0.1) is 11.6 Å². The molecular formula is C21H26ClN5O. The molecule has 0 amide bonds. The number of fused-ring (bicyclic) bond motifs is 1. The Morgan fingerprint density at radius 3 is 3.04 bits per heavy atom. The molecule has 28 heavy (non-hydrogen) atoms. The highest BCUT2D eigenvalue weighted by molar-refractivity contribution is 6.32. The largest absolute Gasteiger partial charge is 0.493 e. The molecule has 2 aliphatic heterocycles. The quantitative estimate of drug-likeness (QED) is 0.611. The van der Waals surface area contributed by atoms with Gasteiger partial charge < -0.3 is 20.3 Å². The van der Waals surface area contributed by atoms with E-state index < -0.39 is 0 Å². The monoisotopic (exact) mass is 399 g/mol. The number of pyridine rings is 1. The molecule has 0 bridgehead atoms. The molecule has 0 spiro atoms. The van der Waals surface area contributed by atoms with Crippen molar-refractivity contribution in [2.24, 2.45) is 4.99 Å². The number of nitrogens with one attached hydrogen (secondary N) is 2. The Labute approximate surface area is 171 Å². The summed E-state index contributed by atoms with van der Waals surface area (Å²) in [4.78, 5) is 11.1. The van der Waals surface area contributed by atoms with E-state index in [1.807, 2.05) is 31.3 Å². The number of guanidine groups is 1. The number of nitrogens with zero attached hydrogens (tertiary/aromatic N) is 3. The summed E-state index contributed by atoms with van der Waals surface area (Å²) >= 11 is 6.29. The van der Waals surface area contributed by atoms with Crippen molar-refractivity contribution in [1.82, 2.24) is 15.6 Å². The smallest absolute Gasteiger partial charge is 0.191 e. The van der Waals surface area contributed by atoms with Gasteiger partial charge in [0.2, 0.25) is 0 Å². The third kappa shape index (κ3) is 4.17. The van der Waals surface area contributed by atoms with Gasteiger partial charge in [-0.25, -0.2) is 4.98 Å². The van der Waals surface area contributed by atoms with Crippen molar-refractivity contribution in [1.29, 1.82) is 0 Å². The molecule has 2 aliphatic rings. The molecule has 1 fully saturated rings. The van der Waals surface area contributed by atoms with Crippen molar-refractivity contribution in [2.75, 3.05) is 38.2 Å². The van der Waals surface area contributed by atoms with Crippen molar-refractivity contribution in [2.45, 2.75) is 24.8 Å². The maximum absolute atomic E-state index is 6.29. The normalized spacial score (nSPS) is 21.8. The van der Waals surface area contributed by atoms with Gasteiger partial charge in [-0.3, -0.25) is 4.99 Å². The summed E-state index contributed by atoms with van der Waals surface area (Å²) in [7, 11) is 1.82. The Morgan fingerprint density at radius 2 is 2.18 bits per heavy atom. The Bertz CT molecular complexity index is 843. The number of halogens is 1. The van der Waals surface area contributed by atoms with Crippen LogP contribution in [-0.2, 0) is 0 Å². The van der Waals surface area contributed by atoms with E-state index in [9.17, 15) is 0 Å². The highest BCUT2D eigenvalue weighted by Crippen LogP contribution is 2.32. The average Bonchev–Trinajstić information content (AvgIpc) is 3.19. The molecule has 7 heteroatoms. The van der Waals surface area contributed by atoms with Crippen LogP contribution >= 0.6 is 11.6 Å². The van der Waals surface area contributed by atoms with Crippen molar-refractivity contribution >= 4 is 23.4 Å². The molecule has 2 atom stereocenters. The lowest BCUT2D eigenvalue weighted by Crippen LogP contribution is -2.46. The van der Waals surface area contributed by atoms with Crippen LogP contribution < -0.4 is 20.3 Å². The number of hydrogen-bond donors (Lipinski definition) is 2. The summed E-state index contributed by atoms with van der Waals surface area (Å²) < 4.78 is 5.76. The number of hydrogen-bond acceptors (Lipinski definition) is 4. The van der Waals surface area contributed by atoms with E-state index in [4.69, 9.17) is 16.3 Å². The minimum absolute atomic E-state index is 0.311. The first kappa shape index (κ1) is 18.9. The lowest BCUT2D eigenvalue weighted by atomic mass is 9.93. The summed E-state index contributed by atoms with van der Waals surface area (Å²) in [6.07, 6.45) is 3.82. The molecule has 2 N–H and O–H groups in total. The first-order valence-electron chi connectivity index (χ1n) is 9.79. The summed E-state index contributed by atoms with van der Waals surface area (Å²) in [5.74, 6) is 3.12. The molecule has 0 saturated carbocycles. The van der Waals surface area contributed by atoms with Gasteiger partial charge >= 0.3 is 0 Å². The number of para-hydroxylation sites is 1. The van der Waals surface area contributed by atoms with E-state index in [-0.39, 0.29) is 0 Å². The number of benzene rings is 1. The van der Waals surface area contributed by atoms with Gasteiger partial charge in [0.15, 0.2) is 5.96 Å². The summed E-state index contributed by atoms with van der Waals surface area (Å²) in [6.45, 7) is 3.39. The Kier molecular flexibility index (Phi) is 5.86. The van der Waals surface area contributed by atoms with Gasteiger partial charge in [-0.2, -0.15) is 0 Å². The van der Waals surface area contributed by atoms with Crippen LogP contribution in [0.1, 0.15) is 24.3 Å². The molecular weight excluding hydrogens is 374 g/mol. The molecule has 0 radical (unpaired) electrons. The van der Waals surface area contributed by atoms with Gasteiger partial charge in [0, 0.05) is 44.8 Å². The number of aliphatic imine (C=N–C) groups is 1. The van der Waals surface area contributed by atoms with Gasteiger partial charge in [0.25, 0.3) is 0 Å². The summed E-state index contributed by atoms with van der Waals surface area (Å²) in [5.41, 5.74) is 1.27. The highest BCUT2D eigenvalue weighted by atomic mass is 35.5. The lowest BCUT2D eigenvalue weighted by molar-refractivity contribution is 0.267. The average molecular weight is 400 g/mol. The molecule has 1 saturated heterocycles. The Morgan fingerprint density at radius 1 is 1.29 bits per heavy atom. The summed E-state index contributed by atoms with van der Waals surface area (Å²) in [6, 6.07) is 12.4. The number of rotatable bonds is 4. The zero-order valence-corrected chi connectivity index (χ0v) is 16.8. The van der Waals surface area contributed by atoms with Crippen LogP contribution in [0.5, 0.6) is 5.75 Å². The lowest BCUT2D eigenvalue weighted by Gasteiger charge is -2.27. The molecule has 1 aromatic heterocycles. The van der Waals surface area contributed by atoms with Crippen molar-refractivity contribution < 1.29 is 4.74 Å². The first-order chi connectivity index (χ1) is 13.7. The molecule has 2 aromatic rings. The second kappa shape index (κ2) is 8.69. The third-order valence-electron chi connectivity index (χ3n) is 5.39. The van der Waals surface area contributed by atoms with E-state index in [0.29, 0.717) is 17.0 Å². The molecule has 4 rings (SSSR count). The van der Waals surface area contributed by atoms with Crippen LogP contribution in [0.25, 0.3) is 0 Å². The van der Waals surface area contributed by atoms with Gasteiger partial charge in [-0.1, -0.05) is 29.8 Å². The second-order valence-electron chi connectivity index (χ2n) is 7.21. The molecule has 0 aliphatic carbocycles. The molecule has 6 nitrogen and oxygen atoms in total. The predicted molar refractivity (Wildman–Crippen MR) is 114 cm³/mol. The van der Waals surface area contributed by atoms with Crippen LogP contribution in [0.3, 0.4) is 0 Å². The zero-order valence-electron chi connectivity index (χ0n) is 16.1. The van der Waals surface area contributed by atoms with E-state index in [2.05, 4.69) is 37.6 Å². The van der Waals surface area contributed by atoms with Gasteiger partial charge in [-0.15, -0.1) is 0 Å². The van der Waals surface area contributed by atoms with Crippen LogP contribution in [0.2, 0.25) is 5.02 Å². The highest BCUT2D eigenvalue weighted by Gasteiger charge is 2.26. The number of anilines is 1. The minimum Gasteiger partial charge on any atom is -0.493 e. The molecule has 1 aromatic carbocycles. The number of ether oxygens (including phenoxy) is 1. The van der Waals surface area contributed by atoms with Crippen LogP contribution in [0, 0.1) is 0 Å². The van der Waals surface area contributed by atoms with Crippen LogP contribution in [0.4, 0.5) is 5.82 Å². The third-order valence-corrected chi connectivity index (χ3v) is 5.68. The predicted octanol–water partition coefficient (Wildman–Crippen LogP) is 3.05. The second-order valence-corrected chi connectivity index (χ2v) is 7.62. The topological polar surface area (TPSA) is 61.8 Å². The van der Waals surface area contributed by atoms with Gasteiger partial charge in [-0.05, 0) is 36.6 Å².